The minimum absolute atomic E-state index is 0.312. The van der Waals surface area contributed by atoms with E-state index >= 15 is 0 Å². The molecule has 2 aliphatic heterocycles. The van der Waals surface area contributed by atoms with Crippen LogP contribution >= 0.6 is 0 Å². The van der Waals surface area contributed by atoms with Gasteiger partial charge in [-0.05, 0) is 60.5 Å². The SMILES string of the molecule is Cc1nc2c(cc1F)[C@@H](C(C)(C)C#N)OC21CCN(C(=O)OC(C)(C)C)CC1. The average molecular weight is 389 g/mol. The van der Waals surface area contributed by atoms with Crippen LogP contribution in [0.2, 0.25) is 0 Å². The second-order valence-corrected chi connectivity index (χ2v) is 9.29. The number of hydrogen-bond donors (Lipinski definition) is 0. The summed E-state index contributed by atoms with van der Waals surface area (Å²) >= 11 is 0. The second-order valence-electron chi connectivity index (χ2n) is 9.29. The zero-order valence-electron chi connectivity index (χ0n) is 17.4. The molecule has 1 saturated heterocycles. The van der Waals surface area contributed by atoms with Crippen molar-refractivity contribution in [3.05, 3.63) is 28.8 Å². The van der Waals surface area contributed by atoms with Gasteiger partial charge in [0.2, 0.25) is 0 Å². The highest BCUT2D eigenvalue weighted by atomic mass is 19.1. The third-order valence-corrected chi connectivity index (χ3v) is 5.40. The van der Waals surface area contributed by atoms with Crippen LogP contribution in [0.25, 0.3) is 0 Å². The van der Waals surface area contributed by atoms with Gasteiger partial charge >= 0.3 is 6.09 Å². The summed E-state index contributed by atoms with van der Waals surface area (Å²) in [4.78, 5) is 18.6. The molecule has 1 spiro atoms. The molecular weight excluding hydrogens is 361 g/mol. The van der Waals surface area contributed by atoms with Crippen molar-refractivity contribution in [1.29, 1.82) is 5.26 Å². The largest absolute Gasteiger partial charge is 0.444 e. The highest BCUT2D eigenvalue weighted by molar-refractivity contribution is 5.68. The summed E-state index contributed by atoms with van der Waals surface area (Å²) in [5, 5.41) is 9.60. The summed E-state index contributed by atoms with van der Waals surface area (Å²) < 4.78 is 26.1. The summed E-state index contributed by atoms with van der Waals surface area (Å²) in [7, 11) is 0. The van der Waals surface area contributed by atoms with E-state index in [4.69, 9.17) is 9.47 Å². The van der Waals surface area contributed by atoms with E-state index in [0.717, 1.165) is 0 Å². The molecular formula is C21H28FN3O3. The molecule has 152 valence electrons. The highest BCUT2D eigenvalue weighted by Gasteiger charge is 2.53. The van der Waals surface area contributed by atoms with Crippen molar-refractivity contribution in [2.75, 3.05) is 13.1 Å². The average Bonchev–Trinajstić information content (AvgIpc) is 2.89. The molecule has 2 aliphatic rings. The van der Waals surface area contributed by atoms with Gasteiger partial charge in [-0.1, -0.05) is 0 Å². The molecule has 0 aliphatic carbocycles. The molecule has 3 heterocycles. The van der Waals surface area contributed by atoms with Crippen LogP contribution in [0.1, 0.15) is 70.5 Å². The first-order valence-electron chi connectivity index (χ1n) is 9.63. The number of nitriles is 1. The van der Waals surface area contributed by atoms with Gasteiger partial charge in [-0.25, -0.2) is 9.18 Å². The molecule has 1 aromatic rings. The Labute approximate surface area is 165 Å². The van der Waals surface area contributed by atoms with E-state index in [1.807, 2.05) is 20.8 Å². The molecule has 1 fully saturated rings. The molecule has 7 heteroatoms. The molecule has 0 unspecified atom stereocenters. The van der Waals surface area contributed by atoms with Crippen LogP contribution in [0.15, 0.2) is 6.07 Å². The van der Waals surface area contributed by atoms with E-state index < -0.39 is 28.5 Å². The van der Waals surface area contributed by atoms with Crippen LogP contribution in [-0.2, 0) is 15.1 Å². The van der Waals surface area contributed by atoms with Gasteiger partial charge in [-0.15, -0.1) is 0 Å². The Morgan fingerprint density at radius 2 is 1.96 bits per heavy atom. The van der Waals surface area contributed by atoms with Gasteiger partial charge < -0.3 is 14.4 Å². The van der Waals surface area contributed by atoms with E-state index in [2.05, 4.69) is 11.1 Å². The Morgan fingerprint density at radius 1 is 1.36 bits per heavy atom. The topological polar surface area (TPSA) is 75.5 Å². The van der Waals surface area contributed by atoms with Crippen LogP contribution in [-0.4, -0.2) is 34.7 Å². The van der Waals surface area contributed by atoms with Crippen molar-refractivity contribution in [2.45, 2.75) is 71.7 Å². The second kappa shape index (κ2) is 6.70. The van der Waals surface area contributed by atoms with Crippen molar-refractivity contribution in [3.63, 3.8) is 0 Å². The lowest BCUT2D eigenvalue weighted by Crippen LogP contribution is -2.47. The van der Waals surface area contributed by atoms with E-state index in [1.165, 1.54) is 6.07 Å². The van der Waals surface area contributed by atoms with E-state index in [0.29, 0.717) is 42.9 Å². The molecule has 6 nitrogen and oxygen atoms in total. The molecule has 3 rings (SSSR count). The zero-order valence-corrected chi connectivity index (χ0v) is 17.4. The van der Waals surface area contributed by atoms with Gasteiger partial charge in [0.25, 0.3) is 0 Å². The Morgan fingerprint density at radius 3 is 2.50 bits per heavy atom. The molecule has 1 atom stereocenters. The molecule has 0 bridgehead atoms. The number of pyridine rings is 1. The quantitative estimate of drug-likeness (QED) is 0.713. The Balaban J connectivity index is 1.89. The van der Waals surface area contributed by atoms with Crippen molar-refractivity contribution in [1.82, 2.24) is 9.88 Å². The molecule has 0 saturated carbocycles. The van der Waals surface area contributed by atoms with Gasteiger partial charge in [0.15, 0.2) is 0 Å². The maximum atomic E-state index is 14.3. The maximum Gasteiger partial charge on any atom is 0.410 e. The summed E-state index contributed by atoms with van der Waals surface area (Å²) in [6, 6.07) is 3.73. The number of rotatable bonds is 1. The fourth-order valence-electron chi connectivity index (χ4n) is 3.83. The van der Waals surface area contributed by atoms with E-state index in [1.54, 1.807) is 25.7 Å². The Kier molecular flexibility index (Phi) is 4.91. The molecule has 1 amide bonds. The highest BCUT2D eigenvalue weighted by Crippen LogP contribution is 2.54. The monoisotopic (exact) mass is 389 g/mol. The smallest absolute Gasteiger partial charge is 0.410 e. The van der Waals surface area contributed by atoms with Crippen molar-refractivity contribution < 1.29 is 18.7 Å². The van der Waals surface area contributed by atoms with E-state index in [-0.39, 0.29) is 6.09 Å². The van der Waals surface area contributed by atoms with Crippen molar-refractivity contribution in [3.8, 4) is 6.07 Å². The van der Waals surface area contributed by atoms with Crippen LogP contribution in [0.4, 0.5) is 9.18 Å². The maximum absolute atomic E-state index is 14.3. The molecule has 0 radical (unpaired) electrons. The number of ether oxygens (including phenoxy) is 2. The minimum atomic E-state index is -0.829. The van der Waals surface area contributed by atoms with Crippen LogP contribution < -0.4 is 0 Å². The number of fused-ring (bicyclic) bond motifs is 2. The number of hydrogen-bond acceptors (Lipinski definition) is 5. The normalized spacial score (nSPS) is 21.4. The van der Waals surface area contributed by atoms with Crippen LogP contribution in [0.5, 0.6) is 0 Å². The number of amides is 1. The summed E-state index contributed by atoms with van der Waals surface area (Å²) in [5.74, 6) is -0.399. The number of likely N-dealkylation sites (tertiary alicyclic amines) is 1. The Bertz CT molecular complexity index is 831. The number of piperidine rings is 1. The number of aryl methyl sites for hydroxylation is 1. The van der Waals surface area contributed by atoms with Gasteiger partial charge in [-0.2, -0.15) is 5.26 Å². The fraction of sp³-hybridized carbons (Fsp3) is 0.667. The lowest BCUT2D eigenvalue weighted by atomic mass is 9.82. The number of halogens is 1. The fourth-order valence-corrected chi connectivity index (χ4v) is 3.83. The number of carbonyl (C=O) groups excluding carboxylic acids is 1. The van der Waals surface area contributed by atoms with E-state index in [9.17, 15) is 14.4 Å². The number of carbonyl (C=O) groups is 1. The lowest BCUT2D eigenvalue weighted by Gasteiger charge is -2.40. The predicted molar refractivity (Wildman–Crippen MR) is 101 cm³/mol. The zero-order chi connectivity index (χ0) is 20.9. The first kappa shape index (κ1) is 20.5. The number of aromatic nitrogens is 1. The molecule has 0 N–H and O–H groups in total. The van der Waals surface area contributed by atoms with Crippen molar-refractivity contribution in [2.24, 2.45) is 5.41 Å². The first-order valence-corrected chi connectivity index (χ1v) is 9.63. The predicted octanol–water partition coefficient (Wildman–Crippen LogP) is 4.38. The first-order chi connectivity index (χ1) is 12.9. The molecule has 28 heavy (non-hydrogen) atoms. The number of nitrogens with zero attached hydrogens (tertiary/aromatic N) is 3. The van der Waals surface area contributed by atoms with Crippen molar-refractivity contribution >= 4 is 6.09 Å². The third-order valence-electron chi connectivity index (χ3n) is 5.40. The third kappa shape index (κ3) is 3.58. The lowest BCUT2D eigenvalue weighted by molar-refractivity contribution is -0.134. The summed E-state index contributed by atoms with van der Waals surface area (Å²) in [6.07, 6.45) is 0.130. The Hall–Kier alpha value is -2.20. The van der Waals surface area contributed by atoms with Gasteiger partial charge in [-0.3, -0.25) is 4.98 Å². The standard InChI is InChI=1S/C21H28FN3O3/c1-13-15(22)11-14-16(24-13)21(27-17(14)20(5,6)12-23)7-9-25(10-8-21)18(26)28-19(2,3)4/h11,17H,7-10H2,1-6H3/t17-/m0/s1. The molecule has 0 aromatic carbocycles. The van der Waals surface area contributed by atoms with Gasteiger partial charge in [0.1, 0.15) is 23.1 Å². The summed E-state index contributed by atoms with van der Waals surface area (Å²) in [5.41, 5.74) is -0.453. The van der Waals surface area contributed by atoms with Gasteiger partial charge in [0, 0.05) is 18.7 Å². The summed E-state index contributed by atoms with van der Waals surface area (Å²) in [6.45, 7) is 11.6. The van der Waals surface area contributed by atoms with Gasteiger partial charge in [0.05, 0.1) is 22.9 Å². The minimum Gasteiger partial charge on any atom is -0.444 e. The van der Waals surface area contributed by atoms with Crippen LogP contribution in [0.3, 0.4) is 0 Å². The molecule has 1 aromatic heterocycles. The van der Waals surface area contributed by atoms with Crippen LogP contribution in [0, 0.1) is 29.5 Å².